The zero-order valence-electron chi connectivity index (χ0n) is 28.9. The average Bonchev–Trinajstić information content (AvgIpc) is 2.97. The Morgan fingerprint density at radius 2 is 0.804 bits per heavy atom. The first kappa shape index (κ1) is 34.9. The van der Waals surface area contributed by atoms with E-state index in [4.69, 9.17) is 0 Å². The lowest BCUT2D eigenvalue weighted by Gasteiger charge is -2.30. The number of rotatable bonds is 11. The SMILES string of the molecule is Cc1cc(C(C)(C)C)cc(CN(CCN(Cc2ccccc2O)Cc2cc(C(C)(C)C)cc(C)c2O)Cc2ccccc2O)c1O. The standard InChI is InChI=1S/C40H52N2O4/c1-27-19-33(39(3,4)5)21-31(37(27)45)25-41(23-29-13-9-11-15-35(29)43)17-18-42(24-30-14-10-12-16-36(30)44)26-32-22-34(40(6,7)8)20-28(2)38(32)46/h9-16,19-22,43-46H,17-18,23-26H2,1-8H3. The van der Waals surface area contributed by atoms with Crippen molar-refractivity contribution in [2.75, 3.05) is 13.1 Å². The summed E-state index contributed by atoms with van der Waals surface area (Å²) in [5.41, 5.74) is 7.16. The fraction of sp³-hybridized carbons (Fsp3) is 0.400. The molecule has 0 atom stereocenters. The normalized spacial score (nSPS) is 12.3. The van der Waals surface area contributed by atoms with Gasteiger partial charge in [0, 0.05) is 61.5 Å². The van der Waals surface area contributed by atoms with Gasteiger partial charge in [0.2, 0.25) is 0 Å². The van der Waals surface area contributed by atoms with Gasteiger partial charge < -0.3 is 20.4 Å². The summed E-state index contributed by atoms with van der Waals surface area (Å²) in [6.45, 7) is 20.1. The highest BCUT2D eigenvalue weighted by molar-refractivity contribution is 5.46. The van der Waals surface area contributed by atoms with Crippen molar-refractivity contribution in [2.24, 2.45) is 0 Å². The van der Waals surface area contributed by atoms with E-state index in [1.165, 1.54) is 0 Å². The van der Waals surface area contributed by atoms with Crippen LogP contribution in [0.5, 0.6) is 23.0 Å². The molecule has 0 saturated heterocycles. The predicted octanol–water partition coefficient (Wildman–Crippen LogP) is 8.43. The molecule has 46 heavy (non-hydrogen) atoms. The van der Waals surface area contributed by atoms with Gasteiger partial charge in [0.15, 0.2) is 0 Å². The summed E-state index contributed by atoms with van der Waals surface area (Å²) in [7, 11) is 0. The Kier molecular flexibility index (Phi) is 10.8. The van der Waals surface area contributed by atoms with Crippen LogP contribution in [0.3, 0.4) is 0 Å². The maximum Gasteiger partial charge on any atom is 0.122 e. The molecule has 6 heteroatoms. The molecule has 0 saturated carbocycles. The second-order valence-electron chi connectivity index (χ2n) is 14.8. The lowest BCUT2D eigenvalue weighted by molar-refractivity contribution is 0.178. The molecule has 4 N–H and O–H groups in total. The minimum absolute atomic E-state index is 0.0774. The molecular weight excluding hydrogens is 572 g/mol. The van der Waals surface area contributed by atoms with Crippen molar-refractivity contribution in [3.8, 4) is 23.0 Å². The van der Waals surface area contributed by atoms with Gasteiger partial charge in [0.25, 0.3) is 0 Å². The topological polar surface area (TPSA) is 87.4 Å². The number of nitrogens with zero attached hydrogens (tertiary/aromatic N) is 2. The van der Waals surface area contributed by atoms with E-state index in [2.05, 4.69) is 75.6 Å². The van der Waals surface area contributed by atoms with E-state index < -0.39 is 0 Å². The van der Waals surface area contributed by atoms with Crippen LogP contribution in [0.25, 0.3) is 0 Å². The van der Waals surface area contributed by atoms with Crippen LogP contribution in [-0.4, -0.2) is 43.3 Å². The highest BCUT2D eigenvalue weighted by Crippen LogP contribution is 2.34. The van der Waals surface area contributed by atoms with E-state index in [0.717, 1.165) is 44.5 Å². The van der Waals surface area contributed by atoms with Gasteiger partial charge in [-0.15, -0.1) is 0 Å². The highest BCUT2D eigenvalue weighted by atomic mass is 16.3. The molecule has 0 aliphatic rings. The van der Waals surface area contributed by atoms with E-state index in [-0.39, 0.29) is 22.3 Å². The van der Waals surface area contributed by atoms with Gasteiger partial charge in [0.1, 0.15) is 23.0 Å². The molecule has 0 fully saturated rings. The predicted molar refractivity (Wildman–Crippen MR) is 188 cm³/mol. The van der Waals surface area contributed by atoms with Crippen molar-refractivity contribution >= 4 is 0 Å². The fourth-order valence-corrected chi connectivity index (χ4v) is 5.78. The first-order valence-electron chi connectivity index (χ1n) is 16.2. The molecule has 4 rings (SSSR count). The first-order chi connectivity index (χ1) is 21.5. The van der Waals surface area contributed by atoms with E-state index in [0.29, 0.717) is 50.8 Å². The molecule has 0 aliphatic heterocycles. The third-order valence-electron chi connectivity index (χ3n) is 8.78. The van der Waals surface area contributed by atoms with Crippen LogP contribution < -0.4 is 0 Å². The van der Waals surface area contributed by atoms with Gasteiger partial charge in [-0.2, -0.15) is 0 Å². The van der Waals surface area contributed by atoms with Gasteiger partial charge in [-0.3, -0.25) is 9.80 Å². The lowest BCUT2D eigenvalue weighted by atomic mass is 9.84. The summed E-state index contributed by atoms with van der Waals surface area (Å²) in [5.74, 6) is 1.06. The van der Waals surface area contributed by atoms with Crippen molar-refractivity contribution in [1.82, 2.24) is 9.80 Å². The van der Waals surface area contributed by atoms with Crippen LogP contribution in [0.15, 0.2) is 72.8 Å². The summed E-state index contributed by atoms with van der Waals surface area (Å²) < 4.78 is 0. The Morgan fingerprint density at radius 3 is 1.13 bits per heavy atom. The molecule has 0 bridgehead atoms. The number of hydrogen-bond donors (Lipinski definition) is 4. The third kappa shape index (κ3) is 8.83. The number of hydrogen-bond acceptors (Lipinski definition) is 6. The van der Waals surface area contributed by atoms with Crippen LogP contribution in [0.1, 0.15) is 86.1 Å². The van der Waals surface area contributed by atoms with Crippen molar-refractivity contribution in [3.63, 3.8) is 0 Å². The third-order valence-corrected chi connectivity index (χ3v) is 8.78. The Balaban J connectivity index is 1.70. The second kappa shape index (κ2) is 14.2. The summed E-state index contributed by atoms with van der Waals surface area (Å²) in [4.78, 5) is 4.48. The largest absolute Gasteiger partial charge is 0.508 e. The molecule has 0 aromatic heterocycles. The van der Waals surface area contributed by atoms with Crippen LogP contribution in [0.2, 0.25) is 0 Å². The number of phenolic OH excluding ortho intramolecular Hbond substituents is 4. The fourth-order valence-electron chi connectivity index (χ4n) is 5.78. The molecule has 0 aliphatic carbocycles. The van der Waals surface area contributed by atoms with E-state index >= 15 is 0 Å². The Labute approximate surface area is 275 Å². The Bertz CT molecular complexity index is 1530. The van der Waals surface area contributed by atoms with Crippen LogP contribution in [0, 0.1) is 13.8 Å². The number of benzene rings is 4. The lowest BCUT2D eigenvalue weighted by Crippen LogP contribution is -2.34. The van der Waals surface area contributed by atoms with Crippen molar-refractivity contribution in [1.29, 1.82) is 0 Å². The zero-order valence-corrected chi connectivity index (χ0v) is 28.9. The molecule has 4 aromatic carbocycles. The van der Waals surface area contributed by atoms with Crippen molar-refractivity contribution in [3.05, 3.63) is 117 Å². The van der Waals surface area contributed by atoms with Crippen LogP contribution in [-0.2, 0) is 37.0 Å². The number of aryl methyl sites for hydroxylation is 2. The molecule has 4 aromatic rings. The number of aromatic hydroxyl groups is 4. The molecule has 6 nitrogen and oxygen atoms in total. The quantitative estimate of drug-likeness (QED) is 0.134. The minimum Gasteiger partial charge on any atom is -0.508 e. The van der Waals surface area contributed by atoms with Gasteiger partial charge in [0.05, 0.1) is 0 Å². The molecule has 0 radical (unpaired) electrons. The van der Waals surface area contributed by atoms with Gasteiger partial charge in [-0.1, -0.05) is 102 Å². The summed E-state index contributed by atoms with van der Waals surface area (Å²) in [6, 6.07) is 23.0. The smallest absolute Gasteiger partial charge is 0.122 e. The van der Waals surface area contributed by atoms with Crippen LogP contribution in [0.4, 0.5) is 0 Å². The number of phenols is 4. The van der Waals surface area contributed by atoms with E-state index in [1.807, 2.05) is 50.2 Å². The summed E-state index contributed by atoms with van der Waals surface area (Å²) in [5, 5.41) is 43.7. The zero-order chi connectivity index (χ0) is 33.8. The molecule has 0 unspecified atom stereocenters. The molecule has 246 valence electrons. The van der Waals surface area contributed by atoms with E-state index in [9.17, 15) is 20.4 Å². The van der Waals surface area contributed by atoms with Gasteiger partial charge >= 0.3 is 0 Å². The first-order valence-corrected chi connectivity index (χ1v) is 16.2. The van der Waals surface area contributed by atoms with Gasteiger partial charge in [-0.05, 0) is 59.1 Å². The van der Waals surface area contributed by atoms with Crippen molar-refractivity contribution in [2.45, 2.75) is 92.4 Å². The maximum absolute atomic E-state index is 11.2. The van der Waals surface area contributed by atoms with Gasteiger partial charge in [-0.25, -0.2) is 0 Å². The molecule has 0 heterocycles. The average molecular weight is 625 g/mol. The summed E-state index contributed by atoms with van der Waals surface area (Å²) >= 11 is 0. The molecule has 0 spiro atoms. The monoisotopic (exact) mass is 624 g/mol. The minimum atomic E-state index is -0.0774. The highest BCUT2D eigenvalue weighted by Gasteiger charge is 2.22. The second-order valence-corrected chi connectivity index (χ2v) is 14.8. The molecular formula is C40H52N2O4. The van der Waals surface area contributed by atoms with Crippen LogP contribution >= 0.6 is 0 Å². The Hall–Kier alpha value is -4.00. The van der Waals surface area contributed by atoms with Crippen molar-refractivity contribution < 1.29 is 20.4 Å². The summed E-state index contributed by atoms with van der Waals surface area (Å²) in [6.07, 6.45) is 0. The maximum atomic E-state index is 11.2. The Morgan fingerprint density at radius 1 is 0.478 bits per heavy atom. The number of para-hydroxylation sites is 2. The molecule has 0 amide bonds. The van der Waals surface area contributed by atoms with E-state index in [1.54, 1.807) is 12.1 Å².